The molecule has 2 fully saturated rings. The third-order valence-corrected chi connectivity index (χ3v) is 4.18. The lowest BCUT2D eigenvalue weighted by molar-refractivity contribution is 0.0781. The van der Waals surface area contributed by atoms with Crippen LogP contribution < -0.4 is 5.32 Å². The summed E-state index contributed by atoms with van der Waals surface area (Å²) in [6.45, 7) is 5.99. The lowest BCUT2D eigenvalue weighted by atomic mass is 10.1. The van der Waals surface area contributed by atoms with Crippen molar-refractivity contribution in [3.05, 3.63) is 18.0 Å². The van der Waals surface area contributed by atoms with Gasteiger partial charge in [-0.15, -0.1) is 0 Å². The molecule has 5 heteroatoms. The molecule has 3 rings (SSSR count). The molecule has 5 nitrogen and oxygen atoms in total. The molecule has 0 radical (unpaired) electrons. The Kier molecular flexibility index (Phi) is 3.55. The van der Waals surface area contributed by atoms with E-state index in [9.17, 15) is 4.79 Å². The Hall–Kier alpha value is -1.36. The van der Waals surface area contributed by atoms with Gasteiger partial charge in [-0.3, -0.25) is 9.48 Å². The zero-order chi connectivity index (χ0) is 13.2. The molecule has 104 valence electrons. The van der Waals surface area contributed by atoms with Gasteiger partial charge in [0.1, 0.15) is 5.69 Å². The molecule has 19 heavy (non-hydrogen) atoms. The molecule has 1 amide bonds. The summed E-state index contributed by atoms with van der Waals surface area (Å²) < 4.78 is 1.96. The fourth-order valence-electron chi connectivity index (χ4n) is 3.00. The Morgan fingerprint density at radius 2 is 2.37 bits per heavy atom. The highest BCUT2D eigenvalue weighted by atomic mass is 16.2. The van der Waals surface area contributed by atoms with Crippen molar-refractivity contribution in [2.75, 3.05) is 26.2 Å². The fraction of sp³-hybridized carbons (Fsp3) is 0.714. The van der Waals surface area contributed by atoms with Crippen molar-refractivity contribution in [1.82, 2.24) is 20.0 Å². The van der Waals surface area contributed by atoms with Crippen LogP contribution in [0.15, 0.2) is 12.3 Å². The van der Waals surface area contributed by atoms with E-state index in [1.165, 1.54) is 6.42 Å². The summed E-state index contributed by atoms with van der Waals surface area (Å²) in [5, 5.41) is 7.87. The second kappa shape index (κ2) is 5.33. The van der Waals surface area contributed by atoms with Crippen molar-refractivity contribution in [2.24, 2.45) is 5.92 Å². The van der Waals surface area contributed by atoms with Gasteiger partial charge in [0.2, 0.25) is 0 Å². The average Bonchev–Trinajstić information content (AvgIpc) is 3.08. The predicted octanol–water partition coefficient (Wildman–Crippen LogP) is 1.29. The van der Waals surface area contributed by atoms with E-state index in [0.29, 0.717) is 17.7 Å². The molecular weight excluding hydrogens is 240 g/mol. The number of piperidine rings is 1. The number of aromatic nitrogens is 2. The van der Waals surface area contributed by atoms with Crippen molar-refractivity contribution >= 4 is 5.91 Å². The number of hydrogen-bond donors (Lipinski definition) is 1. The zero-order valence-electron chi connectivity index (χ0n) is 11.5. The van der Waals surface area contributed by atoms with Crippen LogP contribution in [-0.4, -0.2) is 46.8 Å². The summed E-state index contributed by atoms with van der Waals surface area (Å²) in [6.07, 6.45) is 5.38. The molecule has 0 spiro atoms. The zero-order valence-corrected chi connectivity index (χ0v) is 11.5. The van der Waals surface area contributed by atoms with Crippen molar-refractivity contribution in [1.29, 1.82) is 0 Å². The predicted molar refractivity (Wildman–Crippen MR) is 73.1 cm³/mol. The monoisotopic (exact) mass is 262 g/mol. The van der Waals surface area contributed by atoms with Crippen LogP contribution in [0.25, 0.3) is 0 Å². The van der Waals surface area contributed by atoms with Gasteiger partial charge in [0, 0.05) is 25.8 Å². The molecule has 2 aliphatic rings. The van der Waals surface area contributed by atoms with Gasteiger partial charge in [-0.05, 0) is 37.8 Å². The molecule has 1 aromatic heterocycles. The molecule has 2 saturated heterocycles. The number of carbonyl (C=O) groups is 1. The van der Waals surface area contributed by atoms with Gasteiger partial charge >= 0.3 is 0 Å². The van der Waals surface area contributed by atoms with Gasteiger partial charge < -0.3 is 10.2 Å². The maximum absolute atomic E-state index is 12.3. The largest absolute Gasteiger partial charge is 0.337 e. The van der Waals surface area contributed by atoms with Crippen molar-refractivity contribution in [3.8, 4) is 0 Å². The summed E-state index contributed by atoms with van der Waals surface area (Å²) in [7, 11) is 0. The molecule has 1 N–H and O–H groups in total. The highest BCUT2D eigenvalue weighted by Gasteiger charge is 2.26. The van der Waals surface area contributed by atoms with Gasteiger partial charge in [0.05, 0.1) is 6.04 Å². The Bertz CT molecular complexity index is 450. The molecule has 3 heterocycles. The molecule has 0 unspecified atom stereocenters. The minimum Gasteiger partial charge on any atom is -0.337 e. The van der Waals surface area contributed by atoms with Crippen LogP contribution >= 0.6 is 0 Å². The first kappa shape index (κ1) is 12.7. The summed E-state index contributed by atoms with van der Waals surface area (Å²) in [4.78, 5) is 14.3. The number of likely N-dealkylation sites (tertiary alicyclic amines) is 1. The SMILES string of the molecule is C[C@H]1CCN(C(=O)c2ccn([C@@H]3CCCNC3)n2)C1. The van der Waals surface area contributed by atoms with Crippen LogP contribution in [-0.2, 0) is 0 Å². The number of hydrogen-bond acceptors (Lipinski definition) is 3. The van der Waals surface area contributed by atoms with Crippen LogP contribution in [0.2, 0.25) is 0 Å². The fourth-order valence-corrected chi connectivity index (χ4v) is 3.00. The molecule has 0 aliphatic carbocycles. The van der Waals surface area contributed by atoms with Gasteiger partial charge in [-0.2, -0.15) is 5.10 Å². The van der Waals surface area contributed by atoms with Crippen LogP contribution in [0.4, 0.5) is 0 Å². The van der Waals surface area contributed by atoms with Crippen LogP contribution in [0, 0.1) is 5.92 Å². The topological polar surface area (TPSA) is 50.2 Å². The Morgan fingerprint density at radius 1 is 1.47 bits per heavy atom. The third kappa shape index (κ3) is 2.66. The number of amides is 1. The highest BCUT2D eigenvalue weighted by molar-refractivity contribution is 5.92. The van der Waals surface area contributed by atoms with E-state index in [0.717, 1.165) is 39.0 Å². The van der Waals surface area contributed by atoms with E-state index in [4.69, 9.17) is 0 Å². The second-order valence-electron chi connectivity index (χ2n) is 5.83. The standard InChI is InChI=1S/C14H22N4O/c1-11-4-7-17(10-11)14(19)13-5-8-18(16-13)12-3-2-6-15-9-12/h5,8,11-12,15H,2-4,6-7,9-10H2,1H3/t11-,12+/m0/s1. The smallest absolute Gasteiger partial charge is 0.274 e. The van der Waals surface area contributed by atoms with Gasteiger partial charge in [0.15, 0.2) is 0 Å². The average molecular weight is 262 g/mol. The third-order valence-electron chi connectivity index (χ3n) is 4.18. The van der Waals surface area contributed by atoms with E-state index in [2.05, 4.69) is 17.3 Å². The summed E-state index contributed by atoms with van der Waals surface area (Å²) in [5.74, 6) is 0.709. The molecule has 2 atom stereocenters. The summed E-state index contributed by atoms with van der Waals surface area (Å²) >= 11 is 0. The second-order valence-corrected chi connectivity index (χ2v) is 5.83. The van der Waals surface area contributed by atoms with Crippen LogP contribution in [0.3, 0.4) is 0 Å². The molecular formula is C14H22N4O. The van der Waals surface area contributed by atoms with Crippen molar-refractivity contribution < 1.29 is 4.79 Å². The molecule has 0 aromatic carbocycles. The Labute approximate surface area is 114 Å². The first-order valence-electron chi connectivity index (χ1n) is 7.29. The maximum Gasteiger partial charge on any atom is 0.274 e. The van der Waals surface area contributed by atoms with E-state index in [1.54, 1.807) is 0 Å². The first-order chi connectivity index (χ1) is 9.24. The lowest BCUT2D eigenvalue weighted by Gasteiger charge is -2.23. The Morgan fingerprint density at radius 3 is 3.05 bits per heavy atom. The van der Waals surface area contributed by atoms with E-state index in [-0.39, 0.29) is 5.91 Å². The molecule has 0 bridgehead atoms. The van der Waals surface area contributed by atoms with E-state index < -0.39 is 0 Å². The number of nitrogens with one attached hydrogen (secondary N) is 1. The highest BCUT2D eigenvalue weighted by Crippen LogP contribution is 2.19. The van der Waals surface area contributed by atoms with E-state index >= 15 is 0 Å². The van der Waals surface area contributed by atoms with Gasteiger partial charge in [-0.25, -0.2) is 0 Å². The lowest BCUT2D eigenvalue weighted by Crippen LogP contribution is -2.32. The molecule has 0 saturated carbocycles. The van der Waals surface area contributed by atoms with E-state index in [1.807, 2.05) is 21.8 Å². The summed E-state index contributed by atoms with van der Waals surface area (Å²) in [5.41, 5.74) is 0.597. The maximum atomic E-state index is 12.3. The number of carbonyl (C=O) groups excluding carboxylic acids is 1. The quantitative estimate of drug-likeness (QED) is 0.873. The Balaban J connectivity index is 1.68. The van der Waals surface area contributed by atoms with Gasteiger partial charge in [-0.1, -0.05) is 6.92 Å². The first-order valence-corrected chi connectivity index (χ1v) is 7.29. The molecule has 2 aliphatic heterocycles. The molecule has 1 aromatic rings. The minimum absolute atomic E-state index is 0.0897. The minimum atomic E-state index is 0.0897. The normalized spacial score (nSPS) is 27.7. The number of nitrogens with zero attached hydrogens (tertiary/aromatic N) is 3. The van der Waals surface area contributed by atoms with Gasteiger partial charge in [0.25, 0.3) is 5.91 Å². The van der Waals surface area contributed by atoms with Crippen LogP contribution in [0.5, 0.6) is 0 Å². The summed E-state index contributed by atoms with van der Waals surface area (Å²) in [6, 6.07) is 2.26. The van der Waals surface area contributed by atoms with Crippen LogP contribution in [0.1, 0.15) is 42.7 Å². The van der Waals surface area contributed by atoms with Crippen molar-refractivity contribution in [3.63, 3.8) is 0 Å². The number of rotatable bonds is 2. The van der Waals surface area contributed by atoms with Crippen molar-refractivity contribution in [2.45, 2.75) is 32.2 Å².